The van der Waals surface area contributed by atoms with Crippen LogP contribution in [-0.2, 0) is 6.54 Å². The zero-order chi connectivity index (χ0) is 13.8. The molecule has 0 spiro atoms. The molecule has 1 N–H and O–H groups in total. The molecule has 19 heavy (non-hydrogen) atoms. The molecule has 2 nitrogen and oxygen atoms in total. The standard InChI is InChI=1S/C14H9Cl3N2/c15-11-5-4-9(7-18)6-13(11)19-8-10-2-1-3-12(16)14(10)17/h1-6,19H,8H2. The highest BCUT2D eigenvalue weighted by Gasteiger charge is 2.06. The van der Waals surface area contributed by atoms with Crippen molar-refractivity contribution >= 4 is 40.5 Å². The second-order valence-electron chi connectivity index (χ2n) is 3.87. The fourth-order valence-electron chi connectivity index (χ4n) is 1.61. The Bertz CT molecular complexity index is 648. The molecule has 0 amide bonds. The van der Waals surface area contributed by atoms with Crippen LogP contribution < -0.4 is 5.32 Å². The largest absolute Gasteiger partial charge is 0.380 e. The van der Waals surface area contributed by atoms with Crippen molar-refractivity contribution in [2.75, 3.05) is 5.32 Å². The van der Waals surface area contributed by atoms with E-state index in [0.29, 0.717) is 32.9 Å². The van der Waals surface area contributed by atoms with E-state index in [1.807, 2.05) is 12.1 Å². The van der Waals surface area contributed by atoms with Crippen molar-refractivity contribution in [1.29, 1.82) is 5.26 Å². The summed E-state index contributed by atoms with van der Waals surface area (Å²) in [7, 11) is 0. The van der Waals surface area contributed by atoms with Crippen LogP contribution in [0.15, 0.2) is 36.4 Å². The number of anilines is 1. The summed E-state index contributed by atoms with van der Waals surface area (Å²) in [5.41, 5.74) is 2.11. The lowest BCUT2D eigenvalue weighted by atomic mass is 10.2. The van der Waals surface area contributed by atoms with Crippen molar-refractivity contribution in [3.8, 4) is 6.07 Å². The molecule has 0 aliphatic heterocycles. The zero-order valence-electron chi connectivity index (χ0n) is 9.75. The number of nitrogens with zero attached hydrogens (tertiary/aromatic N) is 1. The van der Waals surface area contributed by atoms with Crippen LogP contribution >= 0.6 is 34.8 Å². The minimum Gasteiger partial charge on any atom is -0.380 e. The molecule has 96 valence electrons. The first kappa shape index (κ1) is 14.0. The van der Waals surface area contributed by atoms with Crippen LogP contribution in [0, 0.1) is 11.3 Å². The molecule has 0 atom stereocenters. The minimum absolute atomic E-state index is 0.480. The number of hydrogen-bond donors (Lipinski definition) is 1. The van der Waals surface area contributed by atoms with E-state index < -0.39 is 0 Å². The van der Waals surface area contributed by atoms with Crippen LogP contribution in [0.1, 0.15) is 11.1 Å². The van der Waals surface area contributed by atoms with E-state index >= 15 is 0 Å². The van der Waals surface area contributed by atoms with E-state index in [-0.39, 0.29) is 0 Å². The van der Waals surface area contributed by atoms with Gasteiger partial charge in [0.25, 0.3) is 0 Å². The lowest BCUT2D eigenvalue weighted by molar-refractivity contribution is 1.15. The zero-order valence-corrected chi connectivity index (χ0v) is 12.0. The average Bonchev–Trinajstić information content (AvgIpc) is 2.42. The summed E-state index contributed by atoms with van der Waals surface area (Å²) >= 11 is 18.1. The Hall–Kier alpha value is -1.40. The Labute approximate surface area is 126 Å². The second kappa shape index (κ2) is 6.16. The molecule has 2 aromatic rings. The van der Waals surface area contributed by atoms with Gasteiger partial charge in [0.05, 0.1) is 32.4 Å². The van der Waals surface area contributed by atoms with Crippen LogP contribution in [0.5, 0.6) is 0 Å². The molecular weight excluding hydrogens is 303 g/mol. The van der Waals surface area contributed by atoms with E-state index in [0.717, 1.165) is 5.56 Å². The molecule has 0 aliphatic carbocycles. The van der Waals surface area contributed by atoms with Crippen LogP contribution in [0.25, 0.3) is 0 Å². The molecule has 0 aliphatic rings. The van der Waals surface area contributed by atoms with Crippen molar-refractivity contribution in [3.63, 3.8) is 0 Å². The smallest absolute Gasteiger partial charge is 0.0992 e. The third kappa shape index (κ3) is 3.33. The third-order valence-corrected chi connectivity index (χ3v) is 3.78. The first-order valence-electron chi connectivity index (χ1n) is 5.48. The predicted octanol–water partition coefficient (Wildman–Crippen LogP) is 5.13. The fourth-order valence-corrected chi connectivity index (χ4v) is 2.18. The SMILES string of the molecule is N#Cc1ccc(Cl)c(NCc2cccc(Cl)c2Cl)c1. The maximum atomic E-state index is 8.86. The number of benzene rings is 2. The highest BCUT2D eigenvalue weighted by atomic mass is 35.5. The van der Waals surface area contributed by atoms with Gasteiger partial charge < -0.3 is 5.32 Å². The molecule has 0 radical (unpaired) electrons. The molecule has 2 aromatic carbocycles. The summed E-state index contributed by atoms with van der Waals surface area (Å²) < 4.78 is 0. The first-order chi connectivity index (χ1) is 9.11. The van der Waals surface area contributed by atoms with Gasteiger partial charge in [0.2, 0.25) is 0 Å². The molecule has 0 fully saturated rings. The van der Waals surface area contributed by atoms with E-state index in [1.54, 1.807) is 24.3 Å². The molecule has 0 saturated heterocycles. The lowest BCUT2D eigenvalue weighted by Gasteiger charge is -2.10. The number of nitrogens with one attached hydrogen (secondary N) is 1. The maximum absolute atomic E-state index is 8.86. The topological polar surface area (TPSA) is 35.8 Å². The van der Waals surface area contributed by atoms with E-state index in [2.05, 4.69) is 11.4 Å². The van der Waals surface area contributed by atoms with E-state index in [9.17, 15) is 0 Å². The molecule has 0 saturated carbocycles. The molecule has 2 rings (SSSR count). The van der Waals surface area contributed by atoms with Crippen molar-refractivity contribution in [2.45, 2.75) is 6.54 Å². The number of nitriles is 1. The summed E-state index contributed by atoms with van der Waals surface area (Å²) in [6, 6.07) is 12.6. The van der Waals surface area contributed by atoms with Crippen molar-refractivity contribution in [1.82, 2.24) is 0 Å². The highest BCUT2D eigenvalue weighted by Crippen LogP contribution is 2.28. The second-order valence-corrected chi connectivity index (χ2v) is 5.07. The average molecular weight is 312 g/mol. The van der Waals surface area contributed by atoms with Gasteiger partial charge in [0.1, 0.15) is 0 Å². The normalized spacial score (nSPS) is 10.0. The lowest BCUT2D eigenvalue weighted by Crippen LogP contribution is -2.01. The van der Waals surface area contributed by atoms with Crippen LogP contribution in [0.2, 0.25) is 15.1 Å². The highest BCUT2D eigenvalue weighted by molar-refractivity contribution is 6.42. The summed E-state index contributed by atoms with van der Waals surface area (Å²) in [5.74, 6) is 0. The van der Waals surface area contributed by atoms with Gasteiger partial charge >= 0.3 is 0 Å². The number of halogens is 3. The van der Waals surface area contributed by atoms with Gasteiger partial charge in [-0.3, -0.25) is 0 Å². The monoisotopic (exact) mass is 310 g/mol. The Morgan fingerprint density at radius 2 is 1.84 bits per heavy atom. The van der Waals surface area contributed by atoms with Crippen molar-refractivity contribution < 1.29 is 0 Å². The Kier molecular flexibility index (Phi) is 4.55. The van der Waals surface area contributed by atoms with Crippen LogP contribution in [0.3, 0.4) is 0 Å². The van der Waals surface area contributed by atoms with Gasteiger partial charge in [-0.25, -0.2) is 0 Å². The van der Waals surface area contributed by atoms with Gasteiger partial charge in [0.15, 0.2) is 0 Å². The van der Waals surface area contributed by atoms with E-state index in [4.69, 9.17) is 40.1 Å². The Balaban J connectivity index is 2.19. The molecule has 0 aromatic heterocycles. The molecule has 0 heterocycles. The maximum Gasteiger partial charge on any atom is 0.0992 e. The molecule has 0 bridgehead atoms. The summed E-state index contributed by atoms with van der Waals surface area (Å²) in [5, 5.41) is 13.6. The van der Waals surface area contributed by atoms with Crippen molar-refractivity contribution in [3.05, 3.63) is 62.6 Å². The van der Waals surface area contributed by atoms with Gasteiger partial charge in [-0.1, -0.05) is 46.9 Å². The minimum atomic E-state index is 0.480. The molecular formula is C14H9Cl3N2. The van der Waals surface area contributed by atoms with Gasteiger partial charge in [-0.05, 0) is 29.8 Å². The number of rotatable bonds is 3. The first-order valence-corrected chi connectivity index (χ1v) is 6.61. The third-order valence-electron chi connectivity index (χ3n) is 2.60. The van der Waals surface area contributed by atoms with Crippen LogP contribution in [-0.4, -0.2) is 0 Å². The predicted molar refractivity (Wildman–Crippen MR) is 80.0 cm³/mol. The Morgan fingerprint density at radius 3 is 2.58 bits per heavy atom. The van der Waals surface area contributed by atoms with E-state index in [1.165, 1.54) is 0 Å². The molecule has 0 unspecified atom stereocenters. The van der Waals surface area contributed by atoms with Gasteiger partial charge in [-0.2, -0.15) is 5.26 Å². The Morgan fingerprint density at radius 1 is 1.05 bits per heavy atom. The fraction of sp³-hybridized carbons (Fsp3) is 0.0714. The molecule has 5 heteroatoms. The summed E-state index contributed by atoms with van der Waals surface area (Å²) in [6.07, 6.45) is 0. The van der Waals surface area contributed by atoms with Gasteiger partial charge in [-0.15, -0.1) is 0 Å². The summed E-state index contributed by atoms with van der Waals surface area (Å²) in [6.45, 7) is 0.480. The quantitative estimate of drug-likeness (QED) is 0.853. The van der Waals surface area contributed by atoms with Gasteiger partial charge in [0, 0.05) is 6.54 Å². The summed E-state index contributed by atoms with van der Waals surface area (Å²) in [4.78, 5) is 0. The van der Waals surface area contributed by atoms with Crippen LogP contribution in [0.4, 0.5) is 5.69 Å². The number of hydrogen-bond acceptors (Lipinski definition) is 2. The van der Waals surface area contributed by atoms with Crippen molar-refractivity contribution in [2.24, 2.45) is 0 Å².